The summed E-state index contributed by atoms with van der Waals surface area (Å²) in [6, 6.07) is 12.7. The lowest BCUT2D eigenvalue weighted by Crippen LogP contribution is -2.13. The van der Waals surface area contributed by atoms with E-state index in [4.69, 9.17) is 4.74 Å². The van der Waals surface area contributed by atoms with Crippen LogP contribution in [0.25, 0.3) is 17.0 Å². The molecule has 0 bridgehead atoms. The molecule has 2 heterocycles. The first-order valence-electron chi connectivity index (χ1n) is 8.19. The van der Waals surface area contributed by atoms with Gasteiger partial charge in [0.2, 0.25) is 5.78 Å². The molecule has 0 unspecified atom stereocenters. The number of fused-ring (bicyclic) bond motifs is 1. The maximum absolute atomic E-state index is 13.4. The number of methoxy groups -OCH3 is 1. The minimum atomic E-state index is -0.472. The number of hydrogen-bond acceptors (Lipinski definition) is 4. The van der Waals surface area contributed by atoms with Gasteiger partial charge >= 0.3 is 0 Å². The van der Waals surface area contributed by atoms with Crippen molar-refractivity contribution in [2.45, 2.75) is 0 Å². The third-order valence-electron chi connectivity index (χ3n) is 4.07. The zero-order valence-electron chi connectivity index (χ0n) is 14.4. The number of aromatic nitrogens is 3. The number of benzene rings is 2. The second kappa shape index (κ2) is 6.87. The number of rotatable bonds is 4. The first-order valence-corrected chi connectivity index (χ1v) is 8.19. The molecule has 0 aliphatic carbocycles. The highest BCUT2D eigenvalue weighted by Gasteiger charge is 2.13. The predicted molar refractivity (Wildman–Crippen MR) is 99.3 cm³/mol. The lowest BCUT2D eigenvalue weighted by Gasteiger charge is -2.11. The number of carbonyl (C=O) groups is 1. The number of ether oxygens (including phenoxy) is 1. The average molecular weight is 362 g/mol. The summed E-state index contributed by atoms with van der Waals surface area (Å²) >= 11 is 0. The summed E-state index contributed by atoms with van der Waals surface area (Å²) in [6.07, 6.45) is 5.38. The smallest absolute Gasteiger partial charge is 0.255 e. The summed E-state index contributed by atoms with van der Waals surface area (Å²) in [5.41, 5.74) is 2.18. The molecule has 6 nitrogen and oxygen atoms in total. The van der Waals surface area contributed by atoms with Gasteiger partial charge in [-0.15, -0.1) is 0 Å². The summed E-state index contributed by atoms with van der Waals surface area (Å²) in [4.78, 5) is 21.1. The van der Waals surface area contributed by atoms with Gasteiger partial charge in [0, 0.05) is 29.7 Å². The van der Waals surface area contributed by atoms with Gasteiger partial charge in [-0.3, -0.25) is 9.20 Å². The fraction of sp³-hybridized carbons (Fsp3) is 0.0500. The SMILES string of the molecule is COc1ccc(-c2cn3cccnc3n2)cc1NC(=O)c1cccc(F)c1. The fourth-order valence-electron chi connectivity index (χ4n) is 2.76. The van der Waals surface area contributed by atoms with Gasteiger partial charge in [0.15, 0.2) is 0 Å². The van der Waals surface area contributed by atoms with Crippen molar-refractivity contribution in [3.8, 4) is 17.0 Å². The summed E-state index contributed by atoms with van der Waals surface area (Å²) in [5.74, 6) is 0.168. The Labute approximate surface area is 154 Å². The molecule has 0 aliphatic heterocycles. The number of carbonyl (C=O) groups excluding carboxylic acids is 1. The van der Waals surface area contributed by atoms with E-state index in [1.54, 1.807) is 24.4 Å². The topological polar surface area (TPSA) is 68.5 Å². The van der Waals surface area contributed by atoms with Gasteiger partial charge in [-0.05, 0) is 42.5 Å². The van der Waals surface area contributed by atoms with Crippen LogP contribution >= 0.6 is 0 Å². The quantitative estimate of drug-likeness (QED) is 0.600. The van der Waals surface area contributed by atoms with Crippen LogP contribution in [-0.2, 0) is 0 Å². The monoisotopic (exact) mass is 362 g/mol. The lowest BCUT2D eigenvalue weighted by molar-refractivity contribution is 0.102. The Hall–Kier alpha value is -3.74. The minimum Gasteiger partial charge on any atom is -0.495 e. The van der Waals surface area contributed by atoms with Gasteiger partial charge in [-0.2, -0.15) is 0 Å². The third kappa shape index (κ3) is 3.35. The Morgan fingerprint density at radius 2 is 2.07 bits per heavy atom. The molecular weight excluding hydrogens is 347 g/mol. The molecule has 0 aliphatic rings. The van der Waals surface area contributed by atoms with E-state index in [0.717, 1.165) is 5.56 Å². The largest absolute Gasteiger partial charge is 0.495 e. The van der Waals surface area contributed by atoms with Crippen LogP contribution in [-0.4, -0.2) is 27.4 Å². The number of imidazole rings is 1. The van der Waals surface area contributed by atoms with Crippen LogP contribution in [0.3, 0.4) is 0 Å². The molecule has 0 saturated heterocycles. The van der Waals surface area contributed by atoms with Crippen molar-refractivity contribution in [2.75, 3.05) is 12.4 Å². The second-order valence-corrected chi connectivity index (χ2v) is 5.83. The number of amides is 1. The molecule has 1 amide bonds. The maximum Gasteiger partial charge on any atom is 0.255 e. The molecule has 27 heavy (non-hydrogen) atoms. The minimum absolute atomic E-state index is 0.222. The Morgan fingerprint density at radius 3 is 2.85 bits per heavy atom. The normalized spacial score (nSPS) is 10.7. The molecule has 2 aromatic carbocycles. The Bertz CT molecular complexity index is 1110. The number of nitrogens with zero attached hydrogens (tertiary/aromatic N) is 3. The van der Waals surface area contributed by atoms with E-state index in [2.05, 4.69) is 15.3 Å². The Balaban J connectivity index is 1.69. The van der Waals surface area contributed by atoms with Gasteiger partial charge in [-0.1, -0.05) is 6.07 Å². The molecule has 1 N–H and O–H groups in total. The molecule has 134 valence electrons. The van der Waals surface area contributed by atoms with Crippen LogP contribution < -0.4 is 10.1 Å². The van der Waals surface area contributed by atoms with E-state index in [0.29, 0.717) is 22.9 Å². The van der Waals surface area contributed by atoms with Crippen LogP contribution in [0.15, 0.2) is 67.1 Å². The third-order valence-corrected chi connectivity index (χ3v) is 4.07. The molecule has 0 saturated carbocycles. The summed E-state index contributed by atoms with van der Waals surface area (Å²) in [5, 5.41) is 2.77. The number of nitrogens with one attached hydrogen (secondary N) is 1. The van der Waals surface area contributed by atoms with E-state index >= 15 is 0 Å². The summed E-state index contributed by atoms with van der Waals surface area (Å²) in [7, 11) is 1.52. The molecule has 0 spiro atoms. The van der Waals surface area contributed by atoms with Gasteiger partial charge < -0.3 is 10.1 Å². The highest BCUT2D eigenvalue weighted by atomic mass is 19.1. The zero-order valence-corrected chi connectivity index (χ0v) is 14.4. The summed E-state index contributed by atoms with van der Waals surface area (Å²) in [6.45, 7) is 0. The van der Waals surface area contributed by atoms with Crippen molar-refractivity contribution < 1.29 is 13.9 Å². The van der Waals surface area contributed by atoms with Crippen molar-refractivity contribution in [1.29, 1.82) is 0 Å². The van der Waals surface area contributed by atoms with Crippen molar-refractivity contribution in [2.24, 2.45) is 0 Å². The van der Waals surface area contributed by atoms with Gasteiger partial charge in [0.25, 0.3) is 5.91 Å². The number of halogens is 1. The molecular formula is C20H15FN4O2. The molecule has 4 rings (SSSR count). The Morgan fingerprint density at radius 1 is 1.19 bits per heavy atom. The highest BCUT2D eigenvalue weighted by Crippen LogP contribution is 2.30. The van der Waals surface area contributed by atoms with Crippen LogP contribution in [0.1, 0.15) is 10.4 Å². The standard InChI is InChI=1S/C20H15FN4O2/c1-27-18-7-6-13(17-12-25-9-3-8-22-20(25)24-17)11-16(18)23-19(26)14-4-2-5-15(21)10-14/h2-12H,1H3,(H,23,26). The predicted octanol–water partition coefficient (Wildman–Crippen LogP) is 3.80. The molecule has 4 aromatic rings. The molecule has 7 heteroatoms. The van der Waals surface area contributed by atoms with Crippen LogP contribution in [0.2, 0.25) is 0 Å². The fourth-order valence-corrected chi connectivity index (χ4v) is 2.76. The van der Waals surface area contributed by atoms with Crippen molar-refractivity contribution >= 4 is 17.4 Å². The van der Waals surface area contributed by atoms with Crippen molar-refractivity contribution in [1.82, 2.24) is 14.4 Å². The van der Waals surface area contributed by atoms with Gasteiger partial charge in [-0.25, -0.2) is 14.4 Å². The van der Waals surface area contributed by atoms with E-state index in [1.807, 2.05) is 28.9 Å². The number of anilines is 1. The molecule has 2 aromatic heterocycles. The maximum atomic E-state index is 13.4. The number of hydrogen-bond donors (Lipinski definition) is 1. The highest BCUT2D eigenvalue weighted by molar-refractivity contribution is 6.05. The van der Waals surface area contributed by atoms with Gasteiger partial charge in [0.1, 0.15) is 11.6 Å². The van der Waals surface area contributed by atoms with E-state index < -0.39 is 11.7 Å². The van der Waals surface area contributed by atoms with Crippen LogP contribution in [0, 0.1) is 5.82 Å². The second-order valence-electron chi connectivity index (χ2n) is 5.83. The molecule has 0 radical (unpaired) electrons. The van der Waals surface area contributed by atoms with E-state index in [-0.39, 0.29) is 5.56 Å². The van der Waals surface area contributed by atoms with E-state index in [9.17, 15) is 9.18 Å². The zero-order chi connectivity index (χ0) is 18.8. The van der Waals surface area contributed by atoms with Crippen LogP contribution in [0.4, 0.5) is 10.1 Å². The molecule has 0 atom stereocenters. The van der Waals surface area contributed by atoms with Crippen molar-refractivity contribution in [3.05, 3.63) is 78.5 Å². The van der Waals surface area contributed by atoms with Crippen LogP contribution in [0.5, 0.6) is 5.75 Å². The molecule has 0 fully saturated rings. The average Bonchev–Trinajstić information content (AvgIpc) is 3.12. The first kappa shape index (κ1) is 16.7. The summed E-state index contributed by atoms with van der Waals surface area (Å²) < 4.78 is 20.5. The Kier molecular flexibility index (Phi) is 4.25. The van der Waals surface area contributed by atoms with E-state index in [1.165, 1.54) is 25.3 Å². The van der Waals surface area contributed by atoms with Crippen molar-refractivity contribution in [3.63, 3.8) is 0 Å². The van der Waals surface area contributed by atoms with Gasteiger partial charge in [0.05, 0.1) is 18.5 Å². The first-order chi connectivity index (χ1) is 13.1. The lowest BCUT2D eigenvalue weighted by atomic mass is 10.1.